The molecule has 1 fully saturated rings. The van der Waals surface area contributed by atoms with Gasteiger partial charge >= 0.3 is 0 Å². The van der Waals surface area contributed by atoms with E-state index in [9.17, 15) is 8.78 Å². The Morgan fingerprint density at radius 3 is 2.11 bits per heavy atom. The van der Waals surface area contributed by atoms with Crippen molar-refractivity contribution < 1.29 is 44.2 Å². The fraction of sp³-hybridized carbons (Fsp3) is 0.538. The van der Waals surface area contributed by atoms with E-state index in [1.165, 1.54) is 10.5 Å². The summed E-state index contributed by atoms with van der Waals surface area (Å²) in [5.74, 6) is -2.45. The average molecular weight is 313 g/mol. The lowest BCUT2D eigenvalue weighted by atomic mass is 10.00. The van der Waals surface area contributed by atoms with E-state index in [4.69, 9.17) is 0 Å². The van der Waals surface area contributed by atoms with Gasteiger partial charge in [0, 0.05) is 5.56 Å². The molecule has 1 aliphatic heterocycles. The van der Waals surface area contributed by atoms with Crippen LogP contribution in [0.2, 0.25) is 0 Å². The molecule has 4 N–H and O–H groups in total. The van der Waals surface area contributed by atoms with Crippen LogP contribution in [0.4, 0.5) is 8.78 Å². The number of benzene rings is 1. The smallest absolute Gasteiger partial charge is 0.258 e. The van der Waals surface area contributed by atoms with Crippen LogP contribution < -0.4 is 35.4 Å². The van der Waals surface area contributed by atoms with Gasteiger partial charge in [0.25, 0.3) is 5.92 Å². The van der Waals surface area contributed by atoms with Crippen LogP contribution in [0.1, 0.15) is 24.4 Å². The van der Waals surface area contributed by atoms with Gasteiger partial charge in [0.15, 0.2) is 6.04 Å². The molecule has 6 heteroatoms. The van der Waals surface area contributed by atoms with Crippen molar-refractivity contribution in [2.45, 2.75) is 24.8 Å². The summed E-state index contributed by atoms with van der Waals surface area (Å²) in [4.78, 5) is 1.25. The first-order chi connectivity index (χ1) is 8.12. The Morgan fingerprint density at radius 2 is 1.63 bits per heavy atom. The van der Waals surface area contributed by atoms with Crippen molar-refractivity contribution in [1.82, 2.24) is 0 Å². The second-order valence-electron chi connectivity index (χ2n) is 4.77. The minimum absolute atomic E-state index is 0. The molecule has 2 nitrogen and oxygen atoms in total. The van der Waals surface area contributed by atoms with Gasteiger partial charge < -0.3 is 35.4 Å². The van der Waals surface area contributed by atoms with E-state index in [-0.39, 0.29) is 43.7 Å². The molecule has 1 aromatic rings. The summed E-state index contributed by atoms with van der Waals surface area (Å²) in [6.07, 6.45) is 0.0112. The number of quaternary nitrogens is 2. The second-order valence-corrected chi connectivity index (χ2v) is 4.77. The zero-order chi connectivity index (χ0) is 12.3. The number of hydrogen-bond donors (Lipinski definition) is 2. The molecule has 0 radical (unpaired) electrons. The maximum Gasteiger partial charge on any atom is 0.258 e. The summed E-state index contributed by atoms with van der Waals surface area (Å²) in [5, 5.41) is 0. The molecular formula is C13H20Cl2F2N2. The maximum atomic E-state index is 13.1. The largest absolute Gasteiger partial charge is 1.00 e. The van der Waals surface area contributed by atoms with Gasteiger partial charge in [0.1, 0.15) is 6.54 Å². The van der Waals surface area contributed by atoms with Crippen LogP contribution in [-0.4, -0.2) is 25.6 Å². The van der Waals surface area contributed by atoms with Gasteiger partial charge in [-0.2, -0.15) is 0 Å². The van der Waals surface area contributed by atoms with Crippen molar-refractivity contribution in [3.63, 3.8) is 0 Å². The highest BCUT2D eigenvalue weighted by molar-refractivity contribution is 5.17. The molecule has 1 unspecified atom stereocenters. The predicted octanol–water partition coefficient (Wildman–Crippen LogP) is -5.71. The third kappa shape index (κ3) is 4.88. The standard InChI is InChI=1S/C13H18F2N2.2ClH/c14-13(15)6-8-17(9-7-13)12(10-16)11-4-2-1-3-5-11;;/h1-5,12H,6-10,16H2;2*1H. The Morgan fingerprint density at radius 1 is 1.11 bits per heavy atom. The zero-order valence-corrected chi connectivity index (χ0v) is 12.2. The SMILES string of the molecule is [Cl-].[Cl-].[NH3+]CC(c1ccccc1)[NH+]1CCC(F)(F)CC1. The van der Waals surface area contributed by atoms with Gasteiger partial charge in [-0.05, 0) is 0 Å². The van der Waals surface area contributed by atoms with E-state index in [0.717, 1.165) is 6.54 Å². The highest BCUT2D eigenvalue weighted by Crippen LogP contribution is 2.23. The molecule has 110 valence electrons. The lowest BCUT2D eigenvalue weighted by Crippen LogP contribution is -3.15. The lowest BCUT2D eigenvalue weighted by molar-refractivity contribution is -0.944. The molecule has 0 aliphatic carbocycles. The number of halogens is 4. The van der Waals surface area contributed by atoms with Crippen LogP contribution in [0.5, 0.6) is 0 Å². The first kappa shape index (κ1) is 18.6. The van der Waals surface area contributed by atoms with E-state index >= 15 is 0 Å². The van der Waals surface area contributed by atoms with Gasteiger partial charge in [-0.25, -0.2) is 8.78 Å². The summed E-state index contributed by atoms with van der Waals surface area (Å²) in [7, 11) is 0. The topological polar surface area (TPSA) is 32.1 Å². The molecule has 1 saturated heterocycles. The number of likely N-dealkylation sites (tertiary alicyclic amines) is 1. The fourth-order valence-electron chi connectivity index (χ4n) is 2.58. The Labute approximate surface area is 125 Å². The number of piperidine rings is 1. The van der Waals surface area contributed by atoms with Gasteiger partial charge in [0.05, 0.1) is 25.9 Å². The lowest BCUT2D eigenvalue weighted by Gasteiger charge is -2.33. The molecule has 1 aliphatic rings. The number of nitrogens with one attached hydrogen (secondary N) is 1. The highest BCUT2D eigenvalue weighted by atomic mass is 35.5. The Hall–Kier alpha value is -0.420. The van der Waals surface area contributed by atoms with E-state index in [1.54, 1.807) is 0 Å². The molecule has 1 atom stereocenters. The zero-order valence-electron chi connectivity index (χ0n) is 10.7. The van der Waals surface area contributed by atoms with Crippen LogP contribution in [-0.2, 0) is 0 Å². The van der Waals surface area contributed by atoms with Crippen LogP contribution >= 0.6 is 0 Å². The van der Waals surface area contributed by atoms with Gasteiger partial charge in [-0.1, -0.05) is 30.3 Å². The quantitative estimate of drug-likeness (QED) is 0.558. The van der Waals surface area contributed by atoms with E-state index in [1.807, 2.05) is 18.2 Å². The highest BCUT2D eigenvalue weighted by Gasteiger charge is 2.39. The number of alkyl halides is 2. The Balaban J connectivity index is 0.00000162. The molecular weight excluding hydrogens is 293 g/mol. The summed E-state index contributed by atoms with van der Waals surface area (Å²) >= 11 is 0. The van der Waals surface area contributed by atoms with Gasteiger partial charge in [0.2, 0.25) is 0 Å². The third-order valence-corrected chi connectivity index (χ3v) is 3.61. The summed E-state index contributed by atoms with van der Waals surface area (Å²) < 4.78 is 26.2. The maximum absolute atomic E-state index is 13.1. The number of hydrogen-bond acceptors (Lipinski definition) is 0. The van der Waals surface area contributed by atoms with Crippen molar-refractivity contribution in [2.75, 3.05) is 19.6 Å². The van der Waals surface area contributed by atoms with Crippen LogP contribution in [0.15, 0.2) is 30.3 Å². The molecule has 2 rings (SSSR count). The van der Waals surface area contributed by atoms with E-state index < -0.39 is 5.92 Å². The Bertz CT molecular complexity index is 353. The van der Waals surface area contributed by atoms with Crippen molar-refractivity contribution in [3.8, 4) is 0 Å². The van der Waals surface area contributed by atoms with Crippen LogP contribution in [0.3, 0.4) is 0 Å². The van der Waals surface area contributed by atoms with Crippen molar-refractivity contribution >= 4 is 0 Å². The predicted molar refractivity (Wildman–Crippen MR) is 61.8 cm³/mol. The summed E-state index contributed by atoms with van der Waals surface area (Å²) in [6.45, 7) is 1.84. The molecule has 0 aromatic heterocycles. The van der Waals surface area contributed by atoms with E-state index in [0.29, 0.717) is 13.1 Å². The molecule has 1 aromatic carbocycles. The second kappa shape index (κ2) is 8.00. The van der Waals surface area contributed by atoms with Crippen molar-refractivity contribution in [3.05, 3.63) is 35.9 Å². The molecule has 1 heterocycles. The van der Waals surface area contributed by atoms with Crippen LogP contribution in [0.25, 0.3) is 0 Å². The fourth-order valence-corrected chi connectivity index (χ4v) is 2.58. The first-order valence-electron chi connectivity index (χ1n) is 6.19. The van der Waals surface area contributed by atoms with E-state index in [2.05, 4.69) is 17.9 Å². The monoisotopic (exact) mass is 312 g/mol. The molecule has 0 spiro atoms. The first-order valence-corrected chi connectivity index (χ1v) is 6.19. The molecule has 0 saturated carbocycles. The van der Waals surface area contributed by atoms with Gasteiger partial charge in [-0.3, -0.25) is 0 Å². The Kier molecular flexibility index (Phi) is 7.82. The number of rotatable bonds is 3. The molecule has 19 heavy (non-hydrogen) atoms. The summed E-state index contributed by atoms with van der Waals surface area (Å²) in [6, 6.07) is 10.4. The van der Waals surface area contributed by atoms with Crippen LogP contribution in [0, 0.1) is 0 Å². The minimum atomic E-state index is -2.45. The van der Waals surface area contributed by atoms with Crippen molar-refractivity contribution in [1.29, 1.82) is 0 Å². The third-order valence-electron chi connectivity index (χ3n) is 3.61. The molecule has 0 bridgehead atoms. The minimum Gasteiger partial charge on any atom is -1.00 e. The normalized spacial score (nSPS) is 19.9. The molecule has 0 amide bonds. The average Bonchev–Trinajstić information content (AvgIpc) is 2.33. The summed E-state index contributed by atoms with van der Waals surface area (Å²) in [5.41, 5.74) is 5.18. The van der Waals surface area contributed by atoms with Gasteiger partial charge in [-0.15, -0.1) is 0 Å². The van der Waals surface area contributed by atoms with Crippen molar-refractivity contribution in [2.24, 2.45) is 0 Å².